The Bertz CT molecular complexity index is 327. The monoisotopic (exact) mass is 280 g/mol. The molecular formula is C17H32N2O. The van der Waals surface area contributed by atoms with Crippen LogP contribution in [0.1, 0.15) is 66.2 Å². The zero-order valence-electron chi connectivity index (χ0n) is 13.7. The van der Waals surface area contributed by atoms with Crippen LogP contribution in [0, 0.1) is 16.7 Å². The maximum atomic E-state index is 12.3. The second-order valence-corrected chi connectivity index (χ2v) is 8.58. The van der Waals surface area contributed by atoms with Crippen molar-refractivity contribution in [3.8, 4) is 0 Å². The molecular weight excluding hydrogens is 248 g/mol. The number of carbonyl (C=O) groups is 1. The number of nitrogens with one attached hydrogen (secondary N) is 2. The van der Waals surface area contributed by atoms with Gasteiger partial charge in [0.1, 0.15) is 0 Å². The van der Waals surface area contributed by atoms with E-state index in [1.54, 1.807) is 0 Å². The SMILES string of the molecule is CC1(C)CC(NC(=O)CC2CCNCC2)CC(C)(C)C1. The van der Waals surface area contributed by atoms with Gasteiger partial charge in [-0.05, 0) is 61.9 Å². The highest BCUT2D eigenvalue weighted by molar-refractivity contribution is 5.76. The maximum Gasteiger partial charge on any atom is 0.220 e. The van der Waals surface area contributed by atoms with Crippen molar-refractivity contribution in [1.82, 2.24) is 10.6 Å². The fourth-order valence-electron chi connectivity index (χ4n) is 4.58. The van der Waals surface area contributed by atoms with E-state index in [4.69, 9.17) is 0 Å². The summed E-state index contributed by atoms with van der Waals surface area (Å²) < 4.78 is 0. The van der Waals surface area contributed by atoms with Gasteiger partial charge in [0, 0.05) is 12.5 Å². The summed E-state index contributed by atoms with van der Waals surface area (Å²) in [5, 5.41) is 6.68. The van der Waals surface area contributed by atoms with Gasteiger partial charge in [-0.2, -0.15) is 0 Å². The lowest BCUT2D eigenvalue weighted by Crippen LogP contribution is -2.46. The van der Waals surface area contributed by atoms with Crippen LogP contribution in [-0.4, -0.2) is 25.0 Å². The van der Waals surface area contributed by atoms with E-state index in [-0.39, 0.29) is 5.91 Å². The predicted molar refractivity (Wildman–Crippen MR) is 83.6 cm³/mol. The minimum atomic E-state index is 0.274. The van der Waals surface area contributed by atoms with Crippen LogP contribution < -0.4 is 10.6 Å². The van der Waals surface area contributed by atoms with E-state index in [9.17, 15) is 4.79 Å². The van der Waals surface area contributed by atoms with Gasteiger partial charge in [-0.1, -0.05) is 27.7 Å². The van der Waals surface area contributed by atoms with Crippen LogP contribution in [0.15, 0.2) is 0 Å². The van der Waals surface area contributed by atoms with E-state index in [1.807, 2.05) is 0 Å². The number of hydrogen-bond donors (Lipinski definition) is 2. The molecule has 0 aromatic heterocycles. The fraction of sp³-hybridized carbons (Fsp3) is 0.941. The smallest absolute Gasteiger partial charge is 0.220 e. The zero-order valence-corrected chi connectivity index (χ0v) is 13.7. The van der Waals surface area contributed by atoms with Crippen LogP contribution in [0.5, 0.6) is 0 Å². The van der Waals surface area contributed by atoms with Gasteiger partial charge in [0.25, 0.3) is 0 Å². The normalized spacial score (nSPS) is 27.2. The molecule has 2 N–H and O–H groups in total. The zero-order chi connectivity index (χ0) is 14.8. The minimum absolute atomic E-state index is 0.274. The molecule has 116 valence electrons. The lowest BCUT2D eigenvalue weighted by molar-refractivity contribution is -0.123. The summed E-state index contributed by atoms with van der Waals surface area (Å²) in [4.78, 5) is 12.3. The first-order chi connectivity index (χ1) is 9.26. The topological polar surface area (TPSA) is 41.1 Å². The summed E-state index contributed by atoms with van der Waals surface area (Å²) in [5.74, 6) is 0.858. The van der Waals surface area contributed by atoms with Crippen LogP contribution >= 0.6 is 0 Å². The van der Waals surface area contributed by atoms with E-state index < -0.39 is 0 Å². The lowest BCUT2D eigenvalue weighted by atomic mass is 9.63. The number of hydrogen-bond acceptors (Lipinski definition) is 2. The Morgan fingerprint density at radius 2 is 1.65 bits per heavy atom. The number of amides is 1. The van der Waals surface area contributed by atoms with Crippen molar-refractivity contribution in [3.05, 3.63) is 0 Å². The van der Waals surface area contributed by atoms with Gasteiger partial charge in [-0.15, -0.1) is 0 Å². The molecule has 0 radical (unpaired) electrons. The molecule has 3 heteroatoms. The average molecular weight is 280 g/mol. The highest BCUT2D eigenvalue weighted by Crippen LogP contribution is 2.45. The molecule has 1 aliphatic carbocycles. The molecule has 20 heavy (non-hydrogen) atoms. The molecule has 0 atom stereocenters. The van der Waals surface area contributed by atoms with Gasteiger partial charge in [0.2, 0.25) is 5.91 Å². The summed E-state index contributed by atoms with van der Waals surface area (Å²) in [6, 6.07) is 0.364. The molecule has 1 saturated heterocycles. The third kappa shape index (κ3) is 4.76. The van der Waals surface area contributed by atoms with Crippen molar-refractivity contribution in [2.45, 2.75) is 72.3 Å². The molecule has 2 rings (SSSR count). The molecule has 3 nitrogen and oxygen atoms in total. The Hall–Kier alpha value is -0.570. The Morgan fingerprint density at radius 3 is 2.20 bits per heavy atom. The van der Waals surface area contributed by atoms with E-state index in [1.165, 1.54) is 6.42 Å². The molecule has 2 fully saturated rings. The first kappa shape index (κ1) is 15.8. The average Bonchev–Trinajstić information content (AvgIpc) is 2.25. The summed E-state index contributed by atoms with van der Waals surface area (Å²) in [7, 11) is 0. The van der Waals surface area contributed by atoms with Crippen molar-refractivity contribution >= 4 is 5.91 Å². The summed E-state index contributed by atoms with van der Waals surface area (Å²) in [5.41, 5.74) is 0.683. The Kier molecular flexibility index (Phi) is 4.78. The van der Waals surface area contributed by atoms with Crippen LogP contribution in [-0.2, 0) is 4.79 Å². The molecule has 0 bridgehead atoms. The number of piperidine rings is 1. The van der Waals surface area contributed by atoms with Gasteiger partial charge in [-0.3, -0.25) is 4.79 Å². The van der Waals surface area contributed by atoms with Crippen LogP contribution in [0.3, 0.4) is 0 Å². The molecule has 0 spiro atoms. The third-order valence-corrected chi connectivity index (χ3v) is 4.85. The third-order valence-electron chi connectivity index (χ3n) is 4.85. The Labute approximate surface area is 124 Å². The van der Waals surface area contributed by atoms with Gasteiger partial charge < -0.3 is 10.6 Å². The molecule has 1 saturated carbocycles. The van der Waals surface area contributed by atoms with E-state index >= 15 is 0 Å². The Balaban J connectivity index is 1.83. The van der Waals surface area contributed by atoms with Gasteiger partial charge >= 0.3 is 0 Å². The van der Waals surface area contributed by atoms with Crippen molar-refractivity contribution in [2.75, 3.05) is 13.1 Å². The fourth-order valence-corrected chi connectivity index (χ4v) is 4.58. The molecule has 2 aliphatic rings. The first-order valence-corrected chi connectivity index (χ1v) is 8.26. The molecule has 0 unspecified atom stereocenters. The molecule has 1 heterocycles. The summed E-state index contributed by atoms with van der Waals surface area (Å²) in [6.45, 7) is 11.5. The van der Waals surface area contributed by atoms with E-state index in [0.717, 1.165) is 45.2 Å². The lowest BCUT2D eigenvalue weighted by Gasteiger charge is -2.45. The highest BCUT2D eigenvalue weighted by Gasteiger charge is 2.38. The van der Waals surface area contributed by atoms with Crippen molar-refractivity contribution < 1.29 is 4.79 Å². The largest absolute Gasteiger partial charge is 0.353 e. The van der Waals surface area contributed by atoms with E-state index in [0.29, 0.717) is 22.8 Å². The van der Waals surface area contributed by atoms with Crippen molar-refractivity contribution in [2.24, 2.45) is 16.7 Å². The van der Waals surface area contributed by atoms with Crippen LogP contribution in [0.4, 0.5) is 0 Å². The number of carbonyl (C=O) groups excluding carboxylic acids is 1. The molecule has 1 amide bonds. The quantitative estimate of drug-likeness (QED) is 0.834. The standard InChI is InChI=1S/C17H32N2O/c1-16(2)10-14(11-17(3,4)12-16)19-15(20)9-13-5-7-18-8-6-13/h13-14,18H,5-12H2,1-4H3,(H,19,20). The molecule has 1 aliphatic heterocycles. The van der Waals surface area contributed by atoms with Gasteiger partial charge in [0.15, 0.2) is 0 Å². The molecule has 0 aromatic rings. The van der Waals surface area contributed by atoms with Gasteiger partial charge in [0.05, 0.1) is 0 Å². The van der Waals surface area contributed by atoms with Crippen LogP contribution in [0.2, 0.25) is 0 Å². The maximum absolute atomic E-state index is 12.3. The second kappa shape index (κ2) is 6.05. The highest BCUT2D eigenvalue weighted by atomic mass is 16.1. The predicted octanol–water partition coefficient (Wildman–Crippen LogP) is 3.10. The second-order valence-electron chi connectivity index (χ2n) is 8.58. The van der Waals surface area contributed by atoms with Crippen LogP contribution in [0.25, 0.3) is 0 Å². The minimum Gasteiger partial charge on any atom is -0.353 e. The van der Waals surface area contributed by atoms with E-state index in [2.05, 4.69) is 38.3 Å². The Morgan fingerprint density at radius 1 is 1.10 bits per heavy atom. The molecule has 0 aromatic carbocycles. The number of rotatable bonds is 3. The summed E-state index contributed by atoms with van der Waals surface area (Å²) >= 11 is 0. The summed E-state index contributed by atoms with van der Waals surface area (Å²) in [6.07, 6.45) is 6.51. The first-order valence-electron chi connectivity index (χ1n) is 8.26. The van der Waals surface area contributed by atoms with Crippen molar-refractivity contribution in [1.29, 1.82) is 0 Å². The van der Waals surface area contributed by atoms with Crippen molar-refractivity contribution in [3.63, 3.8) is 0 Å². The van der Waals surface area contributed by atoms with Gasteiger partial charge in [-0.25, -0.2) is 0 Å².